The first-order valence-electron chi connectivity index (χ1n) is 11.4. The van der Waals surface area contributed by atoms with Gasteiger partial charge in [0.05, 0.1) is 12.5 Å². The average molecular weight is 526 g/mol. The number of carboxylic acid groups (broad SMARTS) is 1. The fraction of sp³-hybridized carbons (Fsp3) is 0.440. The standard InChI is InChI=1S/C25H29Cl2NO5S/c1-2-21(7-4-12-34(32)33)28-24(16-8-10-19(26)11-9-16)22(17-5-3-6-20(27)13-17)14-18(25(28)31)15-23(29)30/h3,5-6,8-11,13,18,21-22,24,34H,2,4,7,12,14-15H2,1H3,(H,29,30). The molecule has 1 amide bonds. The van der Waals surface area contributed by atoms with E-state index in [9.17, 15) is 23.1 Å². The van der Waals surface area contributed by atoms with Gasteiger partial charge in [0.2, 0.25) is 5.91 Å². The number of nitrogens with zero attached hydrogens (tertiary/aromatic N) is 1. The Morgan fingerprint density at radius 3 is 2.41 bits per heavy atom. The number of benzene rings is 2. The van der Waals surface area contributed by atoms with Gasteiger partial charge >= 0.3 is 5.97 Å². The van der Waals surface area contributed by atoms with Gasteiger partial charge in [-0.2, -0.15) is 0 Å². The minimum atomic E-state index is -2.50. The molecule has 2 aromatic carbocycles. The zero-order chi connectivity index (χ0) is 24.8. The molecule has 0 aliphatic carbocycles. The summed E-state index contributed by atoms with van der Waals surface area (Å²) in [6, 6.07) is 14.2. The third kappa shape index (κ3) is 6.52. The van der Waals surface area contributed by atoms with Crippen molar-refractivity contribution in [1.82, 2.24) is 4.90 Å². The van der Waals surface area contributed by atoms with E-state index in [1.54, 1.807) is 18.2 Å². The van der Waals surface area contributed by atoms with Gasteiger partial charge in [-0.15, -0.1) is 0 Å². The summed E-state index contributed by atoms with van der Waals surface area (Å²) in [6.45, 7) is 1.96. The Bertz CT molecular complexity index is 1080. The number of piperidine rings is 1. The lowest BCUT2D eigenvalue weighted by Gasteiger charge is -2.48. The molecule has 4 unspecified atom stereocenters. The van der Waals surface area contributed by atoms with Crippen LogP contribution in [0.2, 0.25) is 10.0 Å². The number of rotatable bonds is 10. The molecule has 0 spiro atoms. The maximum absolute atomic E-state index is 13.7. The minimum Gasteiger partial charge on any atom is -0.481 e. The van der Waals surface area contributed by atoms with Crippen LogP contribution in [-0.2, 0) is 20.3 Å². The lowest BCUT2D eigenvalue weighted by Crippen LogP contribution is -2.52. The Hall–Kier alpha value is -2.09. The molecule has 2 aromatic rings. The second kappa shape index (κ2) is 12.0. The number of aliphatic carboxylic acids is 1. The van der Waals surface area contributed by atoms with Crippen molar-refractivity contribution in [3.05, 3.63) is 69.7 Å². The lowest BCUT2D eigenvalue weighted by molar-refractivity contribution is -0.152. The molecule has 1 saturated heterocycles. The van der Waals surface area contributed by atoms with Crippen molar-refractivity contribution in [2.75, 3.05) is 5.75 Å². The normalized spacial score (nSPS) is 21.6. The Morgan fingerprint density at radius 2 is 1.82 bits per heavy atom. The highest BCUT2D eigenvalue weighted by atomic mass is 35.5. The van der Waals surface area contributed by atoms with Crippen molar-refractivity contribution >= 4 is 45.8 Å². The van der Waals surface area contributed by atoms with Crippen LogP contribution in [0.3, 0.4) is 0 Å². The van der Waals surface area contributed by atoms with Gasteiger partial charge in [-0.1, -0.05) is 54.4 Å². The second-order valence-electron chi connectivity index (χ2n) is 8.69. The van der Waals surface area contributed by atoms with E-state index in [-0.39, 0.29) is 36.1 Å². The average Bonchev–Trinajstić information content (AvgIpc) is 2.78. The number of carboxylic acids is 1. The summed E-state index contributed by atoms with van der Waals surface area (Å²) in [5.74, 6) is -2.05. The molecule has 9 heteroatoms. The van der Waals surface area contributed by atoms with E-state index in [4.69, 9.17) is 23.2 Å². The summed E-state index contributed by atoms with van der Waals surface area (Å²) in [6.07, 6.45) is 1.67. The van der Waals surface area contributed by atoms with Gasteiger partial charge in [0, 0.05) is 33.7 Å². The fourth-order valence-corrected chi connectivity index (χ4v) is 5.74. The SMILES string of the molecule is CCC(CCC[SH](=O)=O)N1C(=O)C(CC(=O)O)CC(c2cccc(Cl)c2)C1c1ccc(Cl)cc1. The molecule has 0 saturated carbocycles. The molecule has 0 bridgehead atoms. The van der Waals surface area contributed by atoms with E-state index in [1.807, 2.05) is 42.2 Å². The van der Waals surface area contributed by atoms with E-state index < -0.39 is 22.6 Å². The predicted molar refractivity (Wildman–Crippen MR) is 134 cm³/mol. The van der Waals surface area contributed by atoms with Crippen LogP contribution in [0.1, 0.15) is 62.1 Å². The molecule has 184 valence electrons. The Morgan fingerprint density at radius 1 is 1.12 bits per heavy atom. The highest BCUT2D eigenvalue weighted by molar-refractivity contribution is 7.72. The van der Waals surface area contributed by atoms with E-state index in [0.717, 1.165) is 11.1 Å². The molecule has 0 radical (unpaired) electrons. The molecule has 1 heterocycles. The predicted octanol–water partition coefficient (Wildman–Crippen LogP) is 5.31. The molecule has 1 fully saturated rings. The summed E-state index contributed by atoms with van der Waals surface area (Å²) in [5, 5.41) is 10.7. The van der Waals surface area contributed by atoms with Gasteiger partial charge in [0.1, 0.15) is 10.7 Å². The van der Waals surface area contributed by atoms with Gasteiger partial charge in [-0.05, 0) is 61.1 Å². The van der Waals surface area contributed by atoms with E-state index in [2.05, 4.69) is 0 Å². The zero-order valence-electron chi connectivity index (χ0n) is 18.9. The highest BCUT2D eigenvalue weighted by Gasteiger charge is 2.45. The maximum atomic E-state index is 13.7. The monoisotopic (exact) mass is 525 g/mol. The summed E-state index contributed by atoms with van der Waals surface area (Å²) in [5.41, 5.74) is 1.82. The van der Waals surface area contributed by atoms with Crippen molar-refractivity contribution < 1.29 is 23.1 Å². The molecule has 34 heavy (non-hydrogen) atoms. The van der Waals surface area contributed by atoms with Crippen LogP contribution < -0.4 is 0 Å². The van der Waals surface area contributed by atoms with Crippen LogP contribution in [0.25, 0.3) is 0 Å². The van der Waals surface area contributed by atoms with Crippen LogP contribution in [0, 0.1) is 5.92 Å². The Balaban J connectivity index is 2.12. The summed E-state index contributed by atoms with van der Waals surface area (Å²) in [7, 11) is -2.50. The molecule has 3 rings (SSSR count). The molecule has 1 N–H and O–H groups in total. The second-order valence-corrected chi connectivity index (χ2v) is 10.7. The van der Waals surface area contributed by atoms with E-state index >= 15 is 0 Å². The van der Waals surface area contributed by atoms with Crippen LogP contribution in [0.5, 0.6) is 0 Å². The summed E-state index contributed by atoms with van der Waals surface area (Å²) in [4.78, 5) is 27.2. The molecular formula is C25H29Cl2NO5S. The zero-order valence-corrected chi connectivity index (χ0v) is 21.3. The first kappa shape index (κ1) is 26.5. The van der Waals surface area contributed by atoms with Crippen LogP contribution in [0.15, 0.2) is 48.5 Å². The van der Waals surface area contributed by atoms with E-state index in [1.165, 1.54) is 0 Å². The number of carbonyl (C=O) groups excluding carboxylic acids is 1. The van der Waals surface area contributed by atoms with Crippen molar-refractivity contribution in [1.29, 1.82) is 0 Å². The molecule has 4 atom stereocenters. The third-order valence-electron chi connectivity index (χ3n) is 6.48. The third-order valence-corrected chi connectivity index (χ3v) is 7.64. The quantitative estimate of drug-likeness (QED) is 0.410. The van der Waals surface area contributed by atoms with Gasteiger partial charge in [0.15, 0.2) is 0 Å². The topological polar surface area (TPSA) is 91.8 Å². The number of carbonyl (C=O) groups is 2. The number of halogens is 2. The van der Waals surface area contributed by atoms with Crippen LogP contribution >= 0.6 is 23.2 Å². The minimum absolute atomic E-state index is 0.0513. The van der Waals surface area contributed by atoms with E-state index in [0.29, 0.717) is 35.7 Å². The largest absolute Gasteiger partial charge is 0.481 e. The number of hydrogen-bond donors (Lipinski definition) is 2. The number of likely N-dealkylation sites (tertiary alicyclic amines) is 1. The maximum Gasteiger partial charge on any atom is 0.304 e. The van der Waals surface area contributed by atoms with Gasteiger partial charge in [-0.3, -0.25) is 9.59 Å². The fourth-order valence-electron chi connectivity index (χ4n) is 4.97. The molecule has 1 aliphatic rings. The van der Waals surface area contributed by atoms with Crippen molar-refractivity contribution in [3.8, 4) is 0 Å². The van der Waals surface area contributed by atoms with Gasteiger partial charge in [0.25, 0.3) is 0 Å². The molecule has 6 nitrogen and oxygen atoms in total. The van der Waals surface area contributed by atoms with Crippen molar-refractivity contribution in [2.45, 2.75) is 57.0 Å². The number of thiol groups is 1. The Labute approximate surface area is 211 Å². The van der Waals surface area contributed by atoms with Crippen molar-refractivity contribution in [2.24, 2.45) is 5.92 Å². The van der Waals surface area contributed by atoms with Gasteiger partial charge in [-0.25, -0.2) is 8.42 Å². The van der Waals surface area contributed by atoms with Crippen LogP contribution in [0.4, 0.5) is 0 Å². The first-order chi connectivity index (χ1) is 16.2. The highest BCUT2D eigenvalue weighted by Crippen LogP contribution is 2.48. The smallest absolute Gasteiger partial charge is 0.304 e. The lowest BCUT2D eigenvalue weighted by atomic mass is 9.74. The number of hydrogen-bond acceptors (Lipinski definition) is 4. The summed E-state index contributed by atoms with van der Waals surface area (Å²) >= 11 is 12.4. The molecular weight excluding hydrogens is 497 g/mol. The Kier molecular flexibility index (Phi) is 9.39. The molecule has 1 aliphatic heterocycles. The van der Waals surface area contributed by atoms with Gasteiger partial charge < -0.3 is 10.0 Å². The van der Waals surface area contributed by atoms with Crippen molar-refractivity contribution in [3.63, 3.8) is 0 Å². The first-order valence-corrected chi connectivity index (χ1v) is 13.5. The molecule has 0 aromatic heterocycles. The van der Waals surface area contributed by atoms with Crippen LogP contribution in [-0.4, -0.2) is 42.1 Å². The number of amides is 1. The summed E-state index contributed by atoms with van der Waals surface area (Å²) < 4.78 is 22.3.